The van der Waals surface area contributed by atoms with Gasteiger partial charge < -0.3 is 10.1 Å². The largest absolute Gasteiger partial charge is 0.380 e. The molecule has 1 aromatic heterocycles. The van der Waals surface area contributed by atoms with Gasteiger partial charge in [0.15, 0.2) is 5.69 Å². The number of aliphatic hydroxyl groups is 1. The number of benzene rings is 2. The Morgan fingerprint density at radius 3 is 2.63 bits per heavy atom. The summed E-state index contributed by atoms with van der Waals surface area (Å²) in [6.45, 7) is 1.58. The number of nitrogens with one attached hydrogen (secondary N) is 1. The summed E-state index contributed by atoms with van der Waals surface area (Å²) in [4.78, 5) is 41.3. The van der Waals surface area contributed by atoms with Gasteiger partial charge >= 0.3 is 0 Å². The van der Waals surface area contributed by atoms with Gasteiger partial charge in [-0.25, -0.2) is 4.98 Å². The maximum absolute atomic E-state index is 12.5. The number of nitro groups is 1. The van der Waals surface area contributed by atoms with Gasteiger partial charge in [0.05, 0.1) is 16.0 Å². The second-order valence-corrected chi connectivity index (χ2v) is 5.94. The minimum absolute atomic E-state index is 0.136. The molecule has 1 heterocycles. The number of rotatable bonds is 5. The first-order chi connectivity index (χ1) is 12.9. The SMILES string of the molecule is C/C(=C\c1ccccc1)C(O)C(=O)c1nc2ccc([N+](=O)[O-])cc2[nH]c1=O. The normalized spacial score (nSPS) is 12.7. The van der Waals surface area contributed by atoms with Crippen molar-refractivity contribution in [3.8, 4) is 0 Å². The van der Waals surface area contributed by atoms with E-state index in [4.69, 9.17) is 0 Å². The topological polar surface area (TPSA) is 126 Å². The Bertz CT molecular complexity index is 1120. The Kier molecular flexibility index (Phi) is 4.91. The van der Waals surface area contributed by atoms with Crippen LogP contribution in [0, 0.1) is 10.1 Å². The van der Waals surface area contributed by atoms with Gasteiger partial charge in [-0.05, 0) is 24.1 Å². The van der Waals surface area contributed by atoms with Crippen LogP contribution in [0.25, 0.3) is 17.1 Å². The van der Waals surface area contributed by atoms with Crippen LogP contribution in [0.5, 0.6) is 0 Å². The highest BCUT2D eigenvalue weighted by molar-refractivity contribution is 6.01. The molecule has 0 aliphatic heterocycles. The lowest BCUT2D eigenvalue weighted by molar-refractivity contribution is -0.384. The van der Waals surface area contributed by atoms with Crippen LogP contribution >= 0.6 is 0 Å². The molecule has 3 rings (SSSR count). The fourth-order valence-electron chi connectivity index (χ4n) is 2.58. The lowest BCUT2D eigenvalue weighted by atomic mass is 10.0. The predicted molar refractivity (Wildman–Crippen MR) is 99.4 cm³/mol. The number of Topliss-reactive ketones (excluding diaryl/α,β-unsaturated/α-hetero) is 1. The summed E-state index contributed by atoms with van der Waals surface area (Å²) in [5, 5.41) is 21.1. The van der Waals surface area contributed by atoms with Crippen molar-refractivity contribution < 1.29 is 14.8 Å². The first-order valence-corrected chi connectivity index (χ1v) is 8.01. The summed E-state index contributed by atoms with van der Waals surface area (Å²) >= 11 is 0. The average Bonchev–Trinajstić information content (AvgIpc) is 2.66. The number of nitro benzene ring substituents is 1. The van der Waals surface area contributed by atoms with E-state index in [0.717, 1.165) is 11.6 Å². The number of H-pyrrole nitrogens is 1. The van der Waals surface area contributed by atoms with Crippen molar-refractivity contribution in [1.29, 1.82) is 0 Å². The van der Waals surface area contributed by atoms with Gasteiger partial charge in [-0.3, -0.25) is 19.7 Å². The third-order valence-electron chi connectivity index (χ3n) is 3.99. The fraction of sp³-hybridized carbons (Fsp3) is 0.105. The standard InChI is InChI=1S/C19H15N3O5/c1-11(9-12-5-3-2-4-6-12)17(23)18(24)16-19(25)21-15-10-13(22(26)27)7-8-14(15)20-16/h2-10,17,23H,1H3,(H,21,25)/b11-9+. The van der Waals surface area contributed by atoms with Crippen LogP contribution in [0.1, 0.15) is 23.0 Å². The summed E-state index contributed by atoms with van der Waals surface area (Å²) in [7, 11) is 0. The molecule has 0 saturated carbocycles. The first-order valence-electron chi connectivity index (χ1n) is 8.01. The van der Waals surface area contributed by atoms with E-state index < -0.39 is 28.1 Å². The van der Waals surface area contributed by atoms with Crippen LogP contribution in [0.3, 0.4) is 0 Å². The molecule has 2 aromatic carbocycles. The van der Waals surface area contributed by atoms with E-state index in [1.807, 2.05) is 30.3 Å². The molecule has 0 aliphatic carbocycles. The Morgan fingerprint density at radius 1 is 1.26 bits per heavy atom. The molecule has 1 unspecified atom stereocenters. The summed E-state index contributed by atoms with van der Waals surface area (Å²) in [5.74, 6) is -0.846. The minimum Gasteiger partial charge on any atom is -0.380 e. The second kappa shape index (κ2) is 7.30. The highest BCUT2D eigenvalue weighted by atomic mass is 16.6. The molecule has 8 nitrogen and oxygen atoms in total. The van der Waals surface area contributed by atoms with Crippen molar-refractivity contribution in [2.75, 3.05) is 0 Å². The quantitative estimate of drug-likeness (QED) is 0.406. The fourth-order valence-corrected chi connectivity index (χ4v) is 2.58. The number of hydrogen-bond donors (Lipinski definition) is 2. The molecule has 0 bridgehead atoms. The number of carbonyl (C=O) groups is 1. The van der Waals surface area contributed by atoms with Crippen LogP contribution in [-0.2, 0) is 0 Å². The Balaban J connectivity index is 1.96. The zero-order chi connectivity index (χ0) is 19.6. The highest BCUT2D eigenvalue weighted by Gasteiger charge is 2.24. The zero-order valence-corrected chi connectivity index (χ0v) is 14.2. The Labute approximate surface area is 153 Å². The van der Waals surface area contributed by atoms with Gasteiger partial charge in [0, 0.05) is 12.1 Å². The number of aliphatic hydroxyl groups excluding tert-OH is 1. The molecule has 136 valence electrons. The van der Waals surface area contributed by atoms with Crippen molar-refractivity contribution in [1.82, 2.24) is 9.97 Å². The number of hydrogen-bond acceptors (Lipinski definition) is 6. The number of nitrogens with zero attached hydrogens (tertiary/aromatic N) is 2. The van der Waals surface area contributed by atoms with Crippen molar-refractivity contribution >= 4 is 28.6 Å². The maximum atomic E-state index is 12.5. The van der Waals surface area contributed by atoms with Gasteiger partial charge in [0.1, 0.15) is 6.10 Å². The molecule has 0 fully saturated rings. The Morgan fingerprint density at radius 2 is 1.96 bits per heavy atom. The van der Waals surface area contributed by atoms with Gasteiger partial charge in [-0.15, -0.1) is 0 Å². The number of aromatic nitrogens is 2. The molecule has 0 aliphatic rings. The molecule has 3 aromatic rings. The predicted octanol–water partition coefficient (Wildman–Crippen LogP) is 2.48. The summed E-state index contributed by atoms with van der Waals surface area (Å²) in [6.07, 6.45) is 0.107. The van der Waals surface area contributed by atoms with Crippen LogP contribution < -0.4 is 5.56 Å². The molecule has 0 radical (unpaired) electrons. The zero-order valence-electron chi connectivity index (χ0n) is 14.2. The van der Waals surface area contributed by atoms with Crippen molar-refractivity contribution in [2.45, 2.75) is 13.0 Å². The van der Waals surface area contributed by atoms with Crippen molar-refractivity contribution in [2.24, 2.45) is 0 Å². The van der Waals surface area contributed by atoms with E-state index in [1.54, 1.807) is 13.0 Å². The molecule has 0 saturated heterocycles. The van der Waals surface area contributed by atoms with E-state index in [1.165, 1.54) is 12.1 Å². The molecule has 2 N–H and O–H groups in total. The summed E-state index contributed by atoms with van der Waals surface area (Å²) < 4.78 is 0. The first kappa shape index (κ1) is 18.2. The van der Waals surface area contributed by atoms with E-state index >= 15 is 0 Å². The number of carbonyl (C=O) groups excluding carboxylic acids is 1. The van der Waals surface area contributed by atoms with Gasteiger partial charge in [-0.2, -0.15) is 0 Å². The van der Waals surface area contributed by atoms with Crippen LogP contribution in [0.4, 0.5) is 5.69 Å². The second-order valence-electron chi connectivity index (χ2n) is 5.94. The number of aromatic amines is 1. The van der Waals surface area contributed by atoms with Crippen LogP contribution in [0.15, 0.2) is 58.9 Å². The van der Waals surface area contributed by atoms with Gasteiger partial charge in [0.25, 0.3) is 11.2 Å². The number of non-ortho nitro benzene ring substituents is 1. The van der Waals surface area contributed by atoms with Crippen molar-refractivity contribution in [3.05, 3.63) is 85.8 Å². The summed E-state index contributed by atoms with van der Waals surface area (Å²) in [5.41, 5.74) is 0.0212. The van der Waals surface area contributed by atoms with E-state index in [9.17, 15) is 24.8 Å². The molecule has 27 heavy (non-hydrogen) atoms. The lowest BCUT2D eigenvalue weighted by Crippen LogP contribution is -2.29. The highest BCUT2D eigenvalue weighted by Crippen LogP contribution is 2.18. The maximum Gasteiger partial charge on any atom is 0.278 e. The van der Waals surface area contributed by atoms with Crippen molar-refractivity contribution in [3.63, 3.8) is 0 Å². The van der Waals surface area contributed by atoms with E-state index in [2.05, 4.69) is 9.97 Å². The molecular weight excluding hydrogens is 350 g/mol. The molecule has 1 atom stereocenters. The third kappa shape index (κ3) is 3.80. The molecule has 0 amide bonds. The van der Waals surface area contributed by atoms with E-state index in [-0.39, 0.29) is 16.7 Å². The molecular formula is C19H15N3O5. The number of ketones is 1. The minimum atomic E-state index is -1.53. The Hall–Kier alpha value is -3.65. The van der Waals surface area contributed by atoms with Gasteiger partial charge in [-0.1, -0.05) is 36.4 Å². The summed E-state index contributed by atoms with van der Waals surface area (Å²) in [6, 6.07) is 12.8. The smallest absolute Gasteiger partial charge is 0.278 e. The lowest BCUT2D eigenvalue weighted by Gasteiger charge is -2.10. The molecule has 0 spiro atoms. The molecule has 8 heteroatoms. The average molecular weight is 365 g/mol. The third-order valence-corrected chi connectivity index (χ3v) is 3.99. The van der Waals surface area contributed by atoms with Crippen LogP contribution in [0.2, 0.25) is 0 Å². The monoisotopic (exact) mass is 365 g/mol. The number of fused-ring (bicyclic) bond motifs is 1. The van der Waals surface area contributed by atoms with Crippen LogP contribution in [-0.4, -0.2) is 31.9 Å². The van der Waals surface area contributed by atoms with E-state index in [0.29, 0.717) is 5.57 Å². The van der Waals surface area contributed by atoms with Gasteiger partial charge in [0.2, 0.25) is 5.78 Å².